The average Bonchev–Trinajstić information content (AvgIpc) is 3.27. The molecule has 1 fully saturated rings. The number of benzene rings is 3. The minimum absolute atomic E-state index is 0.0411. The van der Waals surface area contributed by atoms with E-state index in [9.17, 15) is 8.42 Å². The average molecular weight is 542 g/mol. The van der Waals surface area contributed by atoms with Crippen LogP contribution in [-0.4, -0.2) is 41.7 Å². The fraction of sp³-hybridized carbons (Fsp3) is 0.222. The Bertz CT molecular complexity index is 1410. The first-order valence-electron chi connectivity index (χ1n) is 11.6. The number of sulfonamides is 1. The van der Waals surface area contributed by atoms with Crippen molar-refractivity contribution in [2.45, 2.75) is 36.9 Å². The molecule has 0 saturated carbocycles. The van der Waals surface area contributed by atoms with Crippen LogP contribution in [0.5, 0.6) is 0 Å². The summed E-state index contributed by atoms with van der Waals surface area (Å²) in [6.07, 6.45) is 1.41. The zero-order chi connectivity index (χ0) is 25.4. The molecule has 2 atom stereocenters. The fourth-order valence-corrected chi connectivity index (χ4v) is 6.44. The summed E-state index contributed by atoms with van der Waals surface area (Å²) in [6, 6.07) is 24.7. The van der Waals surface area contributed by atoms with Gasteiger partial charge in [-0.1, -0.05) is 65.7 Å². The summed E-state index contributed by atoms with van der Waals surface area (Å²) in [5.41, 5.74) is 3.54. The van der Waals surface area contributed by atoms with Gasteiger partial charge in [-0.05, 0) is 61.4 Å². The van der Waals surface area contributed by atoms with E-state index in [2.05, 4.69) is 14.7 Å². The number of hydrogen-bond donors (Lipinski definition) is 1. The second kappa shape index (κ2) is 10.00. The molecule has 9 heteroatoms. The topological polar surface area (TPSA) is 67.2 Å². The van der Waals surface area contributed by atoms with Crippen molar-refractivity contribution >= 4 is 33.2 Å². The van der Waals surface area contributed by atoms with Crippen molar-refractivity contribution in [1.82, 2.24) is 19.4 Å². The van der Waals surface area contributed by atoms with Gasteiger partial charge in [0.2, 0.25) is 10.0 Å². The fourth-order valence-electron chi connectivity index (χ4n) is 4.73. The molecule has 1 aliphatic heterocycles. The van der Waals surface area contributed by atoms with Crippen molar-refractivity contribution in [3.8, 4) is 5.69 Å². The molecule has 5 rings (SSSR count). The second-order valence-electron chi connectivity index (χ2n) is 9.01. The van der Waals surface area contributed by atoms with Crippen molar-refractivity contribution in [3.63, 3.8) is 0 Å². The van der Waals surface area contributed by atoms with Crippen LogP contribution in [0, 0.1) is 6.92 Å². The van der Waals surface area contributed by atoms with E-state index in [0.29, 0.717) is 22.3 Å². The summed E-state index contributed by atoms with van der Waals surface area (Å²) in [7, 11) is -3.76. The summed E-state index contributed by atoms with van der Waals surface area (Å²) in [5, 5.41) is 5.66. The van der Waals surface area contributed by atoms with Crippen LogP contribution in [0.1, 0.15) is 29.8 Å². The van der Waals surface area contributed by atoms with Crippen LogP contribution in [0.3, 0.4) is 0 Å². The minimum Gasteiger partial charge on any atom is -0.286 e. The molecule has 1 aromatic heterocycles. The molecule has 0 bridgehead atoms. The maximum atomic E-state index is 13.3. The number of halogens is 2. The highest BCUT2D eigenvalue weighted by molar-refractivity contribution is 7.89. The van der Waals surface area contributed by atoms with Crippen molar-refractivity contribution in [2.75, 3.05) is 6.54 Å². The van der Waals surface area contributed by atoms with Gasteiger partial charge < -0.3 is 0 Å². The Morgan fingerprint density at radius 1 is 0.917 bits per heavy atom. The van der Waals surface area contributed by atoms with Gasteiger partial charge in [0, 0.05) is 22.6 Å². The lowest BCUT2D eigenvalue weighted by molar-refractivity contribution is 0.0369. The summed E-state index contributed by atoms with van der Waals surface area (Å²) in [5.74, 6) is 0. The number of likely N-dealkylation sites (tertiary alicyclic amines) is 1. The quantitative estimate of drug-likeness (QED) is 0.330. The first-order valence-corrected chi connectivity index (χ1v) is 13.9. The highest BCUT2D eigenvalue weighted by Gasteiger charge is 2.43. The van der Waals surface area contributed by atoms with E-state index in [0.717, 1.165) is 16.8 Å². The van der Waals surface area contributed by atoms with Gasteiger partial charge in [-0.15, -0.1) is 0 Å². The van der Waals surface area contributed by atoms with Gasteiger partial charge in [0.1, 0.15) is 4.90 Å². The maximum absolute atomic E-state index is 13.3. The molecule has 2 heterocycles. The molecule has 1 aliphatic rings. The Kier molecular flexibility index (Phi) is 6.94. The highest BCUT2D eigenvalue weighted by atomic mass is 35.5. The molecule has 0 radical (unpaired) electrons. The number of hydrogen-bond acceptors (Lipinski definition) is 4. The molecule has 1 saturated heterocycles. The van der Waals surface area contributed by atoms with E-state index in [-0.39, 0.29) is 23.0 Å². The van der Waals surface area contributed by atoms with E-state index in [4.69, 9.17) is 23.2 Å². The van der Waals surface area contributed by atoms with Crippen molar-refractivity contribution in [2.24, 2.45) is 0 Å². The lowest BCUT2D eigenvalue weighted by atomic mass is 9.89. The SMILES string of the molecule is Cc1c(S(=O)(=O)N[C@@H]2CN(C(c3ccc(Cl)cc3)c3ccc(Cl)cc3)[C@H]2C)cnn1-c1ccccc1. The molecule has 36 heavy (non-hydrogen) atoms. The predicted molar refractivity (Wildman–Crippen MR) is 143 cm³/mol. The van der Waals surface area contributed by atoms with E-state index in [1.165, 1.54) is 6.20 Å². The standard InChI is InChI=1S/C27H26Cl2N4O2S/c1-18-25(31-36(34,35)26-16-30-33(19(26)2)24-6-4-3-5-7-24)17-32(18)27(20-8-12-22(28)13-9-20)21-10-14-23(29)15-11-21/h3-16,18,25,27,31H,17H2,1-2H3/t18-,25+/m0/s1. The molecule has 6 nitrogen and oxygen atoms in total. The highest BCUT2D eigenvalue weighted by Crippen LogP contribution is 2.37. The van der Waals surface area contributed by atoms with Gasteiger partial charge in [0.05, 0.1) is 29.7 Å². The van der Waals surface area contributed by atoms with Gasteiger partial charge >= 0.3 is 0 Å². The van der Waals surface area contributed by atoms with Gasteiger partial charge in [0.25, 0.3) is 0 Å². The number of para-hydroxylation sites is 1. The monoisotopic (exact) mass is 540 g/mol. The zero-order valence-corrected chi connectivity index (χ0v) is 22.2. The summed E-state index contributed by atoms with van der Waals surface area (Å²) in [4.78, 5) is 2.46. The Morgan fingerprint density at radius 3 is 2.00 bits per heavy atom. The lowest BCUT2D eigenvalue weighted by Gasteiger charge is -2.50. The van der Waals surface area contributed by atoms with Crippen molar-refractivity contribution in [1.29, 1.82) is 0 Å². The van der Waals surface area contributed by atoms with Crippen LogP contribution in [0.25, 0.3) is 5.69 Å². The van der Waals surface area contributed by atoms with Crippen LogP contribution in [0.2, 0.25) is 10.0 Å². The zero-order valence-electron chi connectivity index (χ0n) is 19.8. The number of aromatic nitrogens is 2. The number of rotatable bonds is 7. The molecular weight excluding hydrogens is 515 g/mol. The Hall–Kier alpha value is -2.68. The third-order valence-corrected chi connectivity index (χ3v) is 8.87. The van der Waals surface area contributed by atoms with Crippen LogP contribution >= 0.6 is 23.2 Å². The van der Waals surface area contributed by atoms with E-state index < -0.39 is 10.0 Å². The predicted octanol–water partition coefficient (Wildman–Crippen LogP) is 5.63. The summed E-state index contributed by atoms with van der Waals surface area (Å²) < 4.78 is 31.2. The third kappa shape index (κ3) is 4.82. The van der Waals surface area contributed by atoms with Crippen LogP contribution < -0.4 is 4.72 Å². The van der Waals surface area contributed by atoms with Crippen molar-refractivity contribution < 1.29 is 8.42 Å². The first-order chi connectivity index (χ1) is 17.2. The number of nitrogens with zero attached hydrogens (tertiary/aromatic N) is 3. The van der Waals surface area contributed by atoms with Gasteiger partial charge in [-0.2, -0.15) is 5.10 Å². The summed E-state index contributed by atoms with van der Waals surface area (Å²) in [6.45, 7) is 4.36. The van der Waals surface area contributed by atoms with Crippen LogP contribution in [0.15, 0.2) is 90.0 Å². The Balaban J connectivity index is 1.37. The van der Waals surface area contributed by atoms with Crippen LogP contribution in [0.4, 0.5) is 0 Å². The third-order valence-electron chi connectivity index (χ3n) is 6.78. The largest absolute Gasteiger partial charge is 0.286 e. The molecule has 0 amide bonds. The molecule has 0 spiro atoms. The summed E-state index contributed by atoms with van der Waals surface area (Å²) >= 11 is 12.3. The maximum Gasteiger partial charge on any atom is 0.244 e. The first kappa shape index (κ1) is 25.0. The smallest absolute Gasteiger partial charge is 0.244 e. The number of nitrogens with one attached hydrogen (secondary N) is 1. The lowest BCUT2D eigenvalue weighted by Crippen LogP contribution is -2.66. The van der Waals surface area contributed by atoms with Gasteiger partial charge in [-0.25, -0.2) is 17.8 Å². The van der Waals surface area contributed by atoms with Crippen LogP contribution in [-0.2, 0) is 10.0 Å². The normalized spacial score (nSPS) is 18.4. The minimum atomic E-state index is -3.76. The molecule has 4 aromatic rings. The Labute approximate surface area is 221 Å². The van der Waals surface area contributed by atoms with E-state index in [1.807, 2.05) is 85.8 Å². The van der Waals surface area contributed by atoms with Crippen molar-refractivity contribution in [3.05, 3.63) is 112 Å². The van der Waals surface area contributed by atoms with Gasteiger partial charge in [-0.3, -0.25) is 4.90 Å². The van der Waals surface area contributed by atoms with Gasteiger partial charge in [0.15, 0.2) is 0 Å². The molecule has 0 aliphatic carbocycles. The Morgan fingerprint density at radius 2 is 1.47 bits per heavy atom. The molecule has 0 unspecified atom stereocenters. The molecule has 1 N–H and O–H groups in total. The van der Waals surface area contributed by atoms with E-state index in [1.54, 1.807) is 11.6 Å². The van der Waals surface area contributed by atoms with E-state index >= 15 is 0 Å². The molecule has 3 aromatic carbocycles. The second-order valence-corrected chi connectivity index (χ2v) is 11.6. The molecule has 186 valence electrons. The molecular formula is C27H26Cl2N4O2S.